The maximum Gasteiger partial charge on any atom is 0.337 e. The largest absolute Gasteiger partial charge is 0.478 e. The summed E-state index contributed by atoms with van der Waals surface area (Å²) in [7, 11) is 0. The SMILES string of the molecule is O=C(O)c1cc(-n2cc(-c3ccc(F)cc3)nn2)ccc1Cl. The smallest absolute Gasteiger partial charge is 0.337 e. The number of carbonyl (C=O) groups is 1. The Hall–Kier alpha value is -2.73. The van der Waals surface area contributed by atoms with Crippen molar-refractivity contribution in [2.24, 2.45) is 0 Å². The van der Waals surface area contributed by atoms with Crippen LogP contribution in [0, 0.1) is 5.82 Å². The molecule has 0 spiro atoms. The van der Waals surface area contributed by atoms with Crippen molar-refractivity contribution in [3.8, 4) is 16.9 Å². The van der Waals surface area contributed by atoms with Crippen LogP contribution in [0.4, 0.5) is 4.39 Å². The highest BCUT2D eigenvalue weighted by atomic mass is 35.5. The summed E-state index contributed by atoms with van der Waals surface area (Å²) in [6, 6.07) is 10.4. The molecule has 3 rings (SSSR count). The van der Waals surface area contributed by atoms with Gasteiger partial charge in [-0.2, -0.15) is 0 Å². The first kappa shape index (κ1) is 14.2. The Bertz CT molecular complexity index is 846. The zero-order valence-corrected chi connectivity index (χ0v) is 11.8. The van der Waals surface area contributed by atoms with E-state index in [0.29, 0.717) is 16.9 Å². The van der Waals surface area contributed by atoms with Crippen molar-refractivity contribution in [2.75, 3.05) is 0 Å². The van der Waals surface area contributed by atoms with Crippen LogP contribution in [0.25, 0.3) is 16.9 Å². The molecule has 0 aliphatic carbocycles. The molecular weight excluding hydrogens is 309 g/mol. The van der Waals surface area contributed by atoms with E-state index < -0.39 is 5.97 Å². The fourth-order valence-electron chi connectivity index (χ4n) is 1.96. The second-order valence-electron chi connectivity index (χ2n) is 4.52. The molecule has 3 aromatic rings. The van der Waals surface area contributed by atoms with Gasteiger partial charge in [-0.25, -0.2) is 13.9 Å². The maximum absolute atomic E-state index is 12.9. The van der Waals surface area contributed by atoms with Gasteiger partial charge >= 0.3 is 5.97 Å². The average molecular weight is 318 g/mol. The van der Waals surface area contributed by atoms with E-state index in [4.69, 9.17) is 16.7 Å². The van der Waals surface area contributed by atoms with Crippen LogP contribution < -0.4 is 0 Å². The van der Waals surface area contributed by atoms with E-state index in [1.54, 1.807) is 24.4 Å². The fraction of sp³-hybridized carbons (Fsp3) is 0. The summed E-state index contributed by atoms with van der Waals surface area (Å²) in [6.07, 6.45) is 1.63. The van der Waals surface area contributed by atoms with Gasteiger partial charge in [0.1, 0.15) is 11.5 Å². The molecule has 22 heavy (non-hydrogen) atoms. The molecule has 0 bridgehead atoms. The summed E-state index contributed by atoms with van der Waals surface area (Å²) in [6.45, 7) is 0. The van der Waals surface area contributed by atoms with Gasteiger partial charge in [0.15, 0.2) is 0 Å². The second-order valence-corrected chi connectivity index (χ2v) is 4.93. The minimum absolute atomic E-state index is 0.0157. The maximum atomic E-state index is 12.9. The van der Waals surface area contributed by atoms with Crippen LogP contribution in [-0.4, -0.2) is 26.1 Å². The summed E-state index contributed by atoms with van der Waals surface area (Å²) in [5.74, 6) is -1.45. The Morgan fingerprint density at radius 3 is 2.59 bits per heavy atom. The van der Waals surface area contributed by atoms with Crippen LogP contribution in [0.15, 0.2) is 48.7 Å². The van der Waals surface area contributed by atoms with Crippen molar-refractivity contribution in [1.82, 2.24) is 15.0 Å². The van der Waals surface area contributed by atoms with Crippen LogP contribution in [0.1, 0.15) is 10.4 Å². The van der Waals surface area contributed by atoms with Gasteiger partial charge in [0.2, 0.25) is 0 Å². The molecule has 0 saturated carbocycles. The standard InChI is InChI=1S/C15H9ClFN3O2/c16-13-6-5-11(7-12(13)15(21)22)20-8-14(18-19-20)9-1-3-10(17)4-2-9/h1-8H,(H,21,22). The Balaban J connectivity index is 1.99. The van der Waals surface area contributed by atoms with E-state index in [2.05, 4.69) is 10.3 Å². The molecule has 1 heterocycles. The molecule has 0 unspecified atom stereocenters. The number of nitrogens with zero attached hydrogens (tertiary/aromatic N) is 3. The first-order chi connectivity index (χ1) is 10.5. The van der Waals surface area contributed by atoms with E-state index in [1.165, 1.54) is 28.9 Å². The molecule has 1 aromatic heterocycles. The molecule has 0 amide bonds. The number of hydrogen-bond acceptors (Lipinski definition) is 3. The Labute approximate surface area is 129 Å². The highest BCUT2D eigenvalue weighted by Crippen LogP contribution is 2.22. The summed E-state index contributed by atoms with van der Waals surface area (Å²) in [5, 5.41) is 17.2. The predicted octanol–water partition coefficient (Wildman–Crippen LogP) is 3.43. The molecule has 0 saturated heterocycles. The molecule has 7 heteroatoms. The zero-order chi connectivity index (χ0) is 15.7. The van der Waals surface area contributed by atoms with Gasteiger partial charge in [0, 0.05) is 5.56 Å². The number of rotatable bonds is 3. The van der Waals surface area contributed by atoms with Gasteiger partial charge < -0.3 is 5.11 Å². The summed E-state index contributed by atoms with van der Waals surface area (Å²) < 4.78 is 14.4. The Kier molecular flexibility index (Phi) is 3.60. The number of benzene rings is 2. The monoisotopic (exact) mass is 317 g/mol. The molecule has 0 fully saturated rings. The van der Waals surface area contributed by atoms with Crippen LogP contribution in [0.5, 0.6) is 0 Å². The molecule has 0 aliphatic rings. The first-order valence-electron chi connectivity index (χ1n) is 6.26. The quantitative estimate of drug-likeness (QED) is 0.803. The van der Waals surface area contributed by atoms with Crippen molar-refractivity contribution in [3.63, 3.8) is 0 Å². The number of hydrogen-bond donors (Lipinski definition) is 1. The Morgan fingerprint density at radius 1 is 1.18 bits per heavy atom. The Morgan fingerprint density at radius 2 is 1.91 bits per heavy atom. The lowest BCUT2D eigenvalue weighted by molar-refractivity contribution is 0.0697. The first-order valence-corrected chi connectivity index (χ1v) is 6.64. The predicted molar refractivity (Wildman–Crippen MR) is 78.7 cm³/mol. The van der Waals surface area contributed by atoms with E-state index in [1.807, 2.05) is 0 Å². The lowest BCUT2D eigenvalue weighted by Gasteiger charge is -2.03. The normalized spacial score (nSPS) is 10.6. The third kappa shape index (κ3) is 2.68. The van der Waals surface area contributed by atoms with Crippen LogP contribution in [0.3, 0.4) is 0 Å². The lowest BCUT2D eigenvalue weighted by atomic mass is 10.1. The zero-order valence-electron chi connectivity index (χ0n) is 11.1. The molecule has 1 N–H and O–H groups in total. The van der Waals surface area contributed by atoms with Crippen LogP contribution >= 0.6 is 11.6 Å². The van der Waals surface area contributed by atoms with Crippen molar-refractivity contribution in [3.05, 3.63) is 65.1 Å². The summed E-state index contributed by atoms with van der Waals surface area (Å²) in [4.78, 5) is 11.1. The third-order valence-electron chi connectivity index (χ3n) is 3.08. The van der Waals surface area contributed by atoms with Crippen LogP contribution in [0.2, 0.25) is 5.02 Å². The van der Waals surface area contributed by atoms with Gasteiger partial charge in [-0.15, -0.1) is 5.10 Å². The van der Waals surface area contributed by atoms with Crippen molar-refractivity contribution in [2.45, 2.75) is 0 Å². The molecule has 0 radical (unpaired) electrons. The molecular formula is C15H9ClFN3O2. The van der Waals surface area contributed by atoms with Gasteiger partial charge in [-0.05, 0) is 42.5 Å². The summed E-state index contributed by atoms with van der Waals surface area (Å²) >= 11 is 5.83. The van der Waals surface area contributed by atoms with E-state index in [0.717, 1.165) is 0 Å². The topological polar surface area (TPSA) is 68.0 Å². The fourth-order valence-corrected chi connectivity index (χ4v) is 2.16. The van der Waals surface area contributed by atoms with Crippen molar-refractivity contribution < 1.29 is 14.3 Å². The van der Waals surface area contributed by atoms with Gasteiger partial charge in [-0.3, -0.25) is 0 Å². The van der Waals surface area contributed by atoms with Gasteiger partial charge in [0.05, 0.1) is 22.5 Å². The number of carboxylic acids is 1. The van der Waals surface area contributed by atoms with E-state index in [9.17, 15) is 9.18 Å². The molecule has 110 valence electrons. The molecule has 0 aliphatic heterocycles. The van der Waals surface area contributed by atoms with E-state index >= 15 is 0 Å². The minimum atomic E-state index is -1.12. The van der Waals surface area contributed by atoms with Gasteiger partial charge in [0.25, 0.3) is 0 Å². The minimum Gasteiger partial charge on any atom is -0.478 e. The highest BCUT2D eigenvalue weighted by molar-refractivity contribution is 6.33. The van der Waals surface area contributed by atoms with Crippen molar-refractivity contribution >= 4 is 17.6 Å². The highest BCUT2D eigenvalue weighted by Gasteiger charge is 2.12. The molecule has 2 aromatic carbocycles. The lowest BCUT2D eigenvalue weighted by Crippen LogP contribution is -2.01. The number of halogens is 2. The van der Waals surface area contributed by atoms with E-state index in [-0.39, 0.29) is 16.4 Å². The number of aromatic carboxylic acids is 1. The molecule has 0 atom stereocenters. The third-order valence-corrected chi connectivity index (χ3v) is 3.41. The second kappa shape index (κ2) is 5.57. The summed E-state index contributed by atoms with van der Waals surface area (Å²) in [5.41, 5.74) is 1.76. The number of aromatic nitrogens is 3. The number of carboxylic acid groups (broad SMARTS) is 1. The van der Waals surface area contributed by atoms with Crippen molar-refractivity contribution in [1.29, 1.82) is 0 Å². The molecule has 5 nitrogen and oxygen atoms in total. The van der Waals surface area contributed by atoms with Crippen LogP contribution in [-0.2, 0) is 0 Å². The van der Waals surface area contributed by atoms with Gasteiger partial charge in [-0.1, -0.05) is 16.8 Å². The average Bonchev–Trinajstić information content (AvgIpc) is 2.98.